The Bertz CT molecular complexity index is 358. The summed E-state index contributed by atoms with van der Waals surface area (Å²) < 4.78 is 0. The molecule has 0 saturated carbocycles. The molecule has 0 spiro atoms. The Morgan fingerprint density at radius 1 is 1.20 bits per heavy atom. The number of rotatable bonds is 6. The second kappa shape index (κ2) is 8.55. The summed E-state index contributed by atoms with van der Waals surface area (Å²) in [4.78, 5) is 36.9. The molecule has 1 fully saturated rings. The van der Waals surface area contributed by atoms with Crippen LogP contribution < -0.4 is 10.6 Å². The molecule has 1 rings (SSSR count). The maximum Gasteiger partial charge on any atom is 0.239 e. The van der Waals surface area contributed by atoms with Gasteiger partial charge in [-0.25, -0.2) is 0 Å². The van der Waals surface area contributed by atoms with Crippen molar-refractivity contribution in [2.24, 2.45) is 5.92 Å². The summed E-state index contributed by atoms with van der Waals surface area (Å²) in [5, 5.41) is 5.27. The van der Waals surface area contributed by atoms with Crippen molar-refractivity contribution in [2.45, 2.75) is 39.5 Å². The van der Waals surface area contributed by atoms with E-state index in [1.807, 2.05) is 13.8 Å². The monoisotopic (exact) mass is 283 g/mol. The predicted molar refractivity (Wildman–Crippen MR) is 75.9 cm³/mol. The van der Waals surface area contributed by atoms with Crippen molar-refractivity contribution in [2.75, 3.05) is 26.2 Å². The molecular weight excluding hydrogens is 258 g/mol. The second-order valence-electron chi connectivity index (χ2n) is 5.10. The van der Waals surface area contributed by atoms with Gasteiger partial charge in [-0.2, -0.15) is 0 Å². The molecular formula is C14H25N3O3. The third-order valence-electron chi connectivity index (χ3n) is 3.41. The topological polar surface area (TPSA) is 78.5 Å². The highest BCUT2D eigenvalue weighted by atomic mass is 16.2. The Morgan fingerprint density at radius 3 is 2.60 bits per heavy atom. The SMILES string of the molecule is CCCC(=O)N1CCCC(C(=O)NCC(=O)NCC)C1. The Morgan fingerprint density at radius 2 is 1.95 bits per heavy atom. The molecule has 0 aromatic heterocycles. The van der Waals surface area contributed by atoms with Crippen LogP contribution in [0.25, 0.3) is 0 Å². The number of hydrogen-bond acceptors (Lipinski definition) is 3. The molecule has 1 atom stereocenters. The molecule has 20 heavy (non-hydrogen) atoms. The number of amides is 3. The van der Waals surface area contributed by atoms with Crippen molar-refractivity contribution in [3.05, 3.63) is 0 Å². The zero-order valence-corrected chi connectivity index (χ0v) is 12.4. The maximum absolute atomic E-state index is 12.0. The van der Waals surface area contributed by atoms with Crippen LogP contribution >= 0.6 is 0 Å². The van der Waals surface area contributed by atoms with Crippen LogP contribution in [-0.2, 0) is 14.4 Å². The van der Waals surface area contributed by atoms with Crippen LogP contribution in [0.1, 0.15) is 39.5 Å². The van der Waals surface area contributed by atoms with E-state index in [1.54, 1.807) is 4.90 Å². The summed E-state index contributed by atoms with van der Waals surface area (Å²) in [7, 11) is 0. The first-order chi connectivity index (χ1) is 9.58. The molecule has 2 N–H and O–H groups in total. The number of nitrogens with zero attached hydrogens (tertiary/aromatic N) is 1. The lowest BCUT2D eigenvalue weighted by Gasteiger charge is -2.32. The fourth-order valence-corrected chi connectivity index (χ4v) is 2.36. The molecule has 6 heteroatoms. The van der Waals surface area contributed by atoms with Gasteiger partial charge < -0.3 is 15.5 Å². The predicted octanol–water partition coefficient (Wildman–Crippen LogP) is 0.277. The average Bonchev–Trinajstić information content (AvgIpc) is 2.45. The standard InChI is InChI=1S/C14H25N3O3/c1-3-6-13(19)17-8-5-7-11(10-17)14(20)16-9-12(18)15-4-2/h11H,3-10H2,1-2H3,(H,15,18)(H,16,20). The van der Waals surface area contributed by atoms with Crippen LogP contribution in [0.3, 0.4) is 0 Å². The van der Waals surface area contributed by atoms with E-state index < -0.39 is 0 Å². The highest BCUT2D eigenvalue weighted by Crippen LogP contribution is 2.17. The van der Waals surface area contributed by atoms with E-state index >= 15 is 0 Å². The van der Waals surface area contributed by atoms with Gasteiger partial charge in [-0.05, 0) is 26.2 Å². The van der Waals surface area contributed by atoms with Crippen LogP contribution in [0, 0.1) is 5.92 Å². The number of carbonyl (C=O) groups excluding carboxylic acids is 3. The van der Waals surface area contributed by atoms with Crippen molar-refractivity contribution in [3.8, 4) is 0 Å². The van der Waals surface area contributed by atoms with Crippen LogP contribution in [-0.4, -0.2) is 48.8 Å². The first-order valence-corrected chi connectivity index (χ1v) is 7.40. The summed E-state index contributed by atoms with van der Waals surface area (Å²) in [5.41, 5.74) is 0. The summed E-state index contributed by atoms with van der Waals surface area (Å²) in [6, 6.07) is 0. The van der Waals surface area contributed by atoms with E-state index in [2.05, 4.69) is 10.6 Å². The Labute approximate surface area is 120 Å². The molecule has 0 aliphatic carbocycles. The minimum Gasteiger partial charge on any atom is -0.355 e. The lowest BCUT2D eigenvalue weighted by molar-refractivity contribution is -0.136. The lowest BCUT2D eigenvalue weighted by Crippen LogP contribution is -2.47. The fraction of sp³-hybridized carbons (Fsp3) is 0.786. The van der Waals surface area contributed by atoms with Crippen LogP contribution in [0.2, 0.25) is 0 Å². The number of carbonyl (C=O) groups is 3. The Kier molecular flexibility index (Phi) is 7.04. The quantitative estimate of drug-likeness (QED) is 0.735. The van der Waals surface area contributed by atoms with Gasteiger partial charge in [0.1, 0.15) is 0 Å². The van der Waals surface area contributed by atoms with Crippen LogP contribution in [0.5, 0.6) is 0 Å². The molecule has 1 aliphatic heterocycles. The highest BCUT2D eigenvalue weighted by Gasteiger charge is 2.27. The summed E-state index contributed by atoms with van der Waals surface area (Å²) in [6.07, 6.45) is 2.97. The normalized spacial score (nSPS) is 18.5. The Balaban J connectivity index is 2.40. The van der Waals surface area contributed by atoms with Gasteiger partial charge in [-0.3, -0.25) is 14.4 Å². The fourth-order valence-electron chi connectivity index (χ4n) is 2.36. The maximum atomic E-state index is 12.0. The smallest absolute Gasteiger partial charge is 0.239 e. The average molecular weight is 283 g/mol. The van der Waals surface area contributed by atoms with Gasteiger partial charge in [0.15, 0.2) is 0 Å². The molecule has 0 bridgehead atoms. The molecule has 1 heterocycles. The van der Waals surface area contributed by atoms with Crippen molar-refractivity contribution in [1.29, 1.82) is 0 Å². The third-order valence-corrected chi connectivity index (χ3v) is 3.41. The lowest BCUT2D eigenvalue weighted by atomic mass is 9.96. The summed E-state index contributed by atoms with van der Waals surface area (Å²) in [6.45, 7) is 5.57. The number of likely N-dealkylation sites (tertiary alicyclic amines) is 1. The van der Waals surface area contributed by atoms with E-state index in [9.17, 15) is 14.4 Å². The van der Waals surface area contributed by atoms with Crippen molar-refractivity contribution >= 4 is 17.7 Å². The minimum atomic E-state index is -0.195. The van der Waals surface area contributed by atoms with Gasteiger partial charge in [0, 0.05) is 26.1 Å². The first-order valence-electron chi connectivity index (χ1n) is 7.40. The molecule has 1 saturated heterocycles. The van der Waals surface area contributed by atoms with Crippen molar-refractivity contribution < 1.29 is 14.4 Å². The van der Waals surface area contributed by atoms with E-state index in [0.29, 0.717) is 19.5 Å². The summed E-state index contributed by atoms with van der Waals surface area (Å²) in [5.74, 6) is -0.395. The van der Waals surface area contributed by atoms with E-state index in [-0.39, 0.29) is 30.2 Å². The van der Waals surface area contributed by atoms with Gasteiger partial charge in [-0.1, -0.05) is 6.92 Å². The molecule has 0 radical (unpaired) electrons. The molecule has 0 aromatic carbocycles. The summed E-state index contributed by atoms with van der Waals surface area (Å²) >= 11 is 0. The molecule has 3 amide bonds. The van der Waals surface area contributed by atoms with Gasteiger partial charge in [-0.15, -0.1) is 0 Å². The number of nitrogens with one attached hydrogen (secondary N) is 2. The molecule has 1 aliphatic rings. The zero-order chi connectivity index (χ0) is 15.0. The number of piperidine rings is 1. The van der Waals surface area contributed by atoms with E-state index in [0.717, 1.165) is 25.8 Å². The van der Waals surface area contributed by atoms with Crippen LogP contribution in [0.4, 0.5) is 0 Å². The van der Waals surface area contributed by atoms with Gasteiger partial charge in [0.2, 0.25) is 17.7 Å². The molecule has 114 valence electrons. The van der Waals surface area contributed by atoms with Crippen LogP contribution in [0.15, 0.2) is 0 Å². The third kappa shape index (κ3) is 5.19. The van der Waals surface area contributed by atoms with Crippen molar-refractivity contribution in [1.82, 2.24) is 15.5 Å². The van der Waals surface area contributed by atoms with E-state index in [1.165, 1.54) is 0 Å². The largest absolute Gasteiger partial charge is 0.355 e. The first kappa shape index (κ1) is 16.5. The molecule has 1 unspecified atom stereocenters. The molecule has 0 aromatic rings. The Hall–Kier alpha value is -1.59. The molecule has 6 nitrogen and oxygen atoms in total. The van der Waals surface area contributed by atoms with Gasteiger partial charge >= 0.3 is 0 Å². The van der Waals surface area contributed by atoms with E-state index in [4.69, 9.17) is 0 Å². The van der Waals surface area contributed by atoms with Gasteiger partial charge in [0.05, 0.1) is 12.5 Å². The second-order valence-corrected chi connectivity index (χ2v) is 5.10. The zero-order valence-electron chi connectivity index (χ0n) is 12.4. The highest BCUT2D eigenvalue weighted by molar-refractivity contribution is 5.86. The van der Waals surface area contributed by atoms with Crippen molar-refractivity contribution in [3.63, 3.8) is 0 Å². The number of likely N-dealkylation sites (N-methyl/N-ethyl adjacent to an activating group) is 1. The van der Waals surface area contributed by atoms with Gasteiger partial charge in [0.25, 0.3) is 0 Å². The number of hydrogen-bond donors (Lipinski definition) is 2. The minimum absolute atomic E-state index is 0.00603.